The van der Waals surface area contributed by atoms with Crippen molar-refractivity contribution < 1.29 is 14.3 Å². The Bertz CT molecular complexity index is 724. The molecule has 126 valence electrons. The monoisotopic (exact) mass is 327 g/mol. The van der Waals surface area contributed by atoms with Gasteiger partial charge in [0.05, 0.1) is 0 Å². The van der Waals surface area contributed by atoms with Gasteiger partial charge in [0.2, 0.25) is 0 Å². The van der Waals surface area contributed by atoms with Gasteiger partial charge >= 0.3 is 5.97 Å². The van der Waals surface area contributed by atoms with Gasteiger partial charge in [0.25, 0.3) is 5.91 Å². The highest BCUT2D eigenvalue weighted by molar-refractivity contribution is 6.07. The molecule has 0 aliphatic carbocycles. The zero-order valence-corrected chi connectivity index (χ0v) is 14.3. The molecular weight excluding hydrogens is 306 g/mol. The maximum atomic E-state index is 12.8. The molecule has 0 bridgehead atoms. The summed E-state index contributed by atoms with van der Waals surface area (Å²) in [6.45, 7) is 6.87. The van der Waals surface area contributed by atoms with Crippen LogP contribution in [-0.4, -0.2) is 34.0 Å². The third-order valence-corrected chi connectivity index (χ3v) is 3.02. The van der Waals surface area contributed by atoms with Crippen LogP contribution in [-0.2, 0) is 9.53 Å². The van der Waals surface area contributed by atoms with Crippen molar-refractivity contribution in [1.82, 2.24) is 9.97 Å². The molecule has 0 saturated carbocycles. The van der Waals surface area contributed by atoms with Crippen LogP contribution in [0.15, 0.2) is 42.6 Å². The lowest BCUT2D eigenvalue weighted by Crippen LogP contribution is -2.39. The average molecular weight is 327 g/mol. The van der Waals surface area contributed by atoms with Crippen molar-refractivity contribution in [1.29, 1.82) is 0 Å². The standard InChI is InChI=1S/C18H21N3O3/c1-13-19-11-10-15(20-13)17(23)21(14-8-6-5-7-9-14)12-16(22)24-18(2,3)4/h5-11H,12H2,1-4H3. The molecule has 1 aromatic carbocycles. The van der Waals surface area contributed by atoms with E-state index in [4.69, 9.17) is 4.74 Å². The number of ether oxygens (including phenoxy) is 1. The Morgan fingerprint density at radius 2 is 1.79 bits per heavy atom. The number of aromatic nitrogens is 2. The van der Waals surface area contributed by atoms with E-state index >= 15 is 0 Å². The summed E-state index contributed by atoms with van der Waals surface area (Å²) in [7, 11) is 0. The van der Waals surface area contributed by atoms with Crippen molar-refractivity contribution in [2.24, 2.45) is 0 Å². The Balaban J connectivity index is 2.30. The van der Waals surface area contributed by atoms with Crippen LogP contribution < -0.4 is 4.90 Å². The smallest absolute Gasteiger partial charge is 0.326 e. The molecule has 0 N–H and O–H groups in total. The highest BCUT2D eigenvalue weighted by Crippen LogP contribution is 2.17. The zero-order chi connectivity index (χ0) is 17.7. The van der Waals surface area contributed by atoms with E-state index in [0.717, 1.165) is 0 Å². The number of benzene rings is 1. The van der Waals surface area contributed by atoms with Gasteiger partial charge in [-0.3, -0.25) is 14.5 Å². The van der Waals surface area contributed by atoms with E-state index in [1.165, 1.54) is 17.2 Å². The van der Waals surface area contributed by atoms with Crippen LogP contribution in [0, 0.1) is 6.92 Å². The molecule has 6 nitrogen and oxygen atoms in total. The molecule has 1 amide bonds. The Morgan fingerprint density at radius 3 is 2.38 bits per heavy atom. The molecule has 0 aliphatic rings. The second kappa shape index (κ2) is 7.21. The fourth-order valence-corrected chi connectivity index (χ4v) is 2.10. The van der Waals surface area contributed by atoms with Crippen LogP contribution in [0.3, 0.4) is 0 Å². The summed E-state index contributed by atoms with van der Waals surface area (Å²) in [5.41, 5.74) is 0.216. The number of carbonyl (C=O) groups is 2. The van der Waals surface area contributed by atoms with Gasteiger partial charge in [0, 0.05) is 11.9 Å². The van der Waals surface area contributed by atoms with E-state index in [1.807, 2.05) is 6.07 Å². The first-order valence-electron chi connectivity index (χ1n) is 7.65. The topological polar surface area (TPSA) is 72.4 Å². The van der Waals surface area contributed by atoms with E-state index in [0.29, 0.717) is 11.5 Å². The lowest BCUT2D eigenvalue weighted by atomic mass is 10.2. The molecule has 0 saturated heterocycles. The van der Waals surface area contributed by atoms with Crippen LogP contribution in [0.4, 0.5) is 5.69 Å². The van der Waals surface area contributed by atoms with Gasteiger partial charge in [-0.15, -0.1) is 0 Å². The van der Waals surface area contributed by atoms with E-state index in [9.17, 15) is 9.59 Å². The van der Waals surface area contributed by atoms with Gasteiger partial charge in [-0.05, 0) is 45.9 Å². The number of anilines is 1. The quantitative estimate of drug-likeness (QED) is 0.807. The molecule has 6 heteroatoms. The summed E-state index contributed by atoms with van der Waals surface area (Å²) in [5, 5.41) is 0. The molecule has 24 heavy (non-hydrogen) atoms. The van der Waals surface area contributed by atoms with Gasteiger partial charge in [0.1, 0.15) is 23.7 Å². The van der Waals surface area contributed by atoms with Gasteiger partial charge in [-0.25, -0.2) is 9.97 Å². The predicted octanol–water partition coefficient (Wildman–Crippen LogP) is 2.77. The predicted molar refractivity (Wildman–Crippen MR) is 90.7 cm³/mol. The Kier molecular flexibility index (Phi) is 5.28. The molecule has 0 spiro atoms. The summed E-state index contributed by atoms with van der Waals surface area (Å²) < 4.78 is 5.33. The molecular formula is C18H21N3O3. The molecule has 2 rings (SSSR count). The first-order valence-corrected chi connectivity index (χ1v) is 7.65. The Hall–Kier alpha value is -2.76. The number of aryl methyl sites for hydroxylation is 1. The number of esters is 1. The minimum absolute atomic E-state index is 0.191. The first-order chi connectivity index (χ1) is 11.3. The minimum Gasteiger partial charge on any atom is -0.459 e. The lowest BCUT2D eigenvalue weighted by molar-refractivity contribution is -0.152. The minimum atomic E-state index is -0.617. The van der Waals surface area contributed by atoms with Crippen molar-refractivity contribution in [3.63, 3.8) is 0 Å². The van der Waals surface area contributed by atoms with Crippen LogP contribution in [0.5, 0.6) is 0 Å². The number of rotatable bonds is 4. The summed E-state index contributed by atoms with van der Waals surface area (Å²) in [4.78, 5) is 34.5. The molecule has 0 radical (unpaired) electrons. The molecule has 0 atom stereocenters. The molecule has 2 aromatic rings. The average Bonchev–Trinajstić information content (AvgIpc) is 2.51. The first kappa shape index (κ1) is 17.6. The van der Waals surface area contributed by atoms with Crippen molar-refractivity contribution in [2.75, 3.05) is 11.4 Å². The second-order valence-corrected chi connectivity index (χ2v) is 6.30. The van der Waals surface area contributed by atoms with Crippen molar-refractivity contribution >= 4 is 17.6 Å². The number of hydrogen-bond acceptors (Lipinski definition) is 5. The fourth-order valence-electron chi connectivity index (χ4n) is 2.10. The van der Waals surface area contributed by atoms with Crippen molar-refractivity contribution in [3.05, 3.63) is 54.1 Å². The van der Waals surface area contributed by atoms with E-state index in [-0.39, 0.29) is 18.1 Å². The van der Waals surface area contributed by atoms with Gasteiger partial charge in [0.15, 0.2) is 0 Å². The van der Waals surface area contributed by atoms with Gasteiger partial charge < -0.3 is 4.74 Å². The maximum Gasteiger partial charge on any atom is 0.326 e. The molecule has 0 aliphatic heterocycles. The van der Waals surface area contributed by atoms with E-state index < -0.39 is 11.6 Å². The number of amides is 1. The molecule has 1 aromatic heterocycles. The van der Waals surface area contributed by atoms with Crippen molar-refractivity contribution in [3.8, 4) is 0 Å². The van der Waals surface area contributed by atoms with Crippen LogP contribution >= 0.6 is 0 Å². The molecule has 0 fully saturated rings. The summed E-state index contributed by atoms with van der Waals surface area (Å²) in [6.07, 6.45) is 1.52. The maximum absolute atomic E-state index is 12.8. The summed E-state index contributed by atoms with van der Waals surface area (Å²) in [6, 6.07) is 10.5. The Labute approximate surface area is 141 Å². The van der Waals surface area contributed by atoms with Gasteiger partial charge in [-0.2, -0.15) is 0 Å². The zero-order valence-electron chi connectivity index (χ0n) is 14.3. The third-order valence-electron chi connectivity index (χ3n) is 3.02. The van der Waals surface area contributed by atoms with E-state index in [1.54, 1.807) is 52.0 Å². The van der Waals surface area contributed by atoms with Crippen molar-refractivity contribution in [2.45, 2.75) is 33.3 Å². The normalized spacial score (nSPS) is 11.0. The lowest BCUT2D eigenvalue weighted by Gasteiger charge is -2.25. The number of para-hydroxylation sites is 1. The van der Waals surface area contributed by atoms with E-state index in [2.05, 4.69) is 9.97 Å². The highest BCUT2D eigenvalue weighted by atomic mass is 16.6. The number of hydrogen-bond donors (Lipinski definition) is 0. The van der Waals surface area contributed by atoms with Crippen LogP contribution in [0.25, 0.3) is 0 Å². The summed E-state index contributed by atoms with van der Waals surface area (Å²) in [5.74, 6) is -0.367. The molecule has 1 heterocycles. The Morgan fingerprint density at radius 1 is 1.12 bits per heavy atom. The van der Waals surface area contributed by atoms with Crippen LogP contribution in [0.1, 0.15) is 37.1 Å². The largest absolute Gasteiger partial charge is 0.459 e. The number of carbonyl (C=O) groups excluding carboxylic acids is 2. The highest BCUT2D eigenvalue weighted by Gasteiger charge is 2.25. The molecule has 0 unspecified atom stereocenters. The van der Waals surface area contributed by atoms with Gasteiger partial charge in [-0.1, -0.05) is 18.2 Å². The fraction of sp³-hybridized carbons (Fsp3) is 0.333. The number of nitrogens with zero attached hydrogens (tertiary/aromatic N) is 3. The third kappa shape index (κ3) is 4.87. The second-order valence-electron chi connectivity index (χ2n) is 6.30. The van der Waals surface area contributed by atoms with Crippen LogP contribution in [0.2, 0.25) is 0 Å². The summed E-state index contributed by atoms with van der Waals surface area (Å²) >= 11 is 0. The SMILES string of the molecule is Cc1nccc(C(=O)N(CC(=O)OC(C)(C)C)c2ccccc2)n1.